The summed E-state index contributed by atoms with van der Waals surface area (Å²) < 4.78 is 0. The molecule has 1 unspecified atom stereocenters. The van der Waals surface area contributed by atoms with Gasteiger partial charge in [-0.1, -0.05) is 24.3 Å². The average Bonchev–Trinajstić information content (AvgIpc) is 2.30. The highest BCUT2D eigenvalue weighted by Gasteiger charge is 2.16. The normalized spacial score (nSPS) is 20.6. The number of nitrogens with zero attached hydrogens (tertiary/aromatic N) is 1. The summed E-state index contributed by atoms with van der Waals surface area (Å²) in [6.07, 6.45) is 0. The van der Waals surface area contributed by atoms with Crippen LogP contribution in [0.2, 0.25) is 0 Å². The van der Waals surface area contributed by atoms with Crippen molar-refractivity contribution >= 4 is 0 Å². The van der Waals surface area contributed by atoms with Crippen LogP contribution in [0.15, 0.2) is 24.3 Å². The van der Waals surface area contributed by atoms with Crippen LogP contribution in [0.25, 0.3) is 0 Å². The zero-order valence-corrected chi connectivity index (χ0v) is 8.66. The summed E-state index contributed by atoms with van der Waals surface area (Å²) in [5.74, 6) is 0. The molecular weight excluding hydrogens is 172 g/mol. The Morgan fingerprint density at radius 1 is 1.29 bits per heavy atom. The van der Waals surface area contributed by atoms with Gasteiger partial charge in [0.15, 0.2) is 0 Å². The van der Waals surface area contributed by atoms with Gasteiger partial charge in [0.1, 0.15) is 0 Å². The zero-order chi connectivity index (χ0) is 9.80. The first-order chi connectivity index (χ1) is 6.88. The van der Waals surface area contributed by atoms with Crippen molar-refractivity contribution < 1.29 is 0 Å². The van der Waals surface area contributed by atoms with Crippen LogP contribution in [-0.2, 0) is 0 Å². The van der Waals surface area contributed by atoms with Gasteiger partial charge in [0.25, 0.3) is 0 Å². The van der Waals surface area contributed by atoms with Crippen molar-refractivity contribution in [2.24, 2.45) is 0 Å². The minimum atomic E-state index is 0.534. The molecule has 14 heavy (non-hydrogen) atoms. The van der Waals surface area contributed by atoms with Gasteiger partial charge < -0.3 is 5.32 Å². The smallest absolute Gasteiger partial charge is 0.0320 e. The summed E-state index contributed by atoms with van der Waals surface area (Å²) in [7, 11) is 0. The third-order valence-electron chi connectivity index (χ3n) is 2.93. The van der Waals surface area contributed by atoms with Crippen LogP contribution in [0.1, 0.15) is 18.5 Å². The number of piperazine rings is 1. The predicted molar refractivity (Wildman–Crippen MR) is 58.1 cm³/mol. The Morgan fingerprint density at radius 2 is 1.93 bits per heavy atom. The molecule has 1 aliphatic rings. The van der Waals surface area contributed by atoms with Crippen LogP contribution >= 0.6 is 0 Å². The lowest BCUT2D eigenvalue weighted by molar-refractivity contribution is 0.185. The molecular formula is C12H17N2. The Balaban J connectivity index is 2.03. The van der Waals surface area contributed by atoms with E-state index in [-0.39, 0.29) is 0 Å². The van der Waals surface area contributed by atoms with Crippen LogP contribution in [0.4, 0.5) is 0 Å². The van der Waals surface area contributed by atoms with Crippen molar-refractivity contribution in [1.29, 1.82) is 0 Å². The first-order valence-corrected chi connectivity index (χ1v) is 5.29. The lowest BCUT2D eigenvalue weighted by Crippen LogP contribution is -2.44. The number of benzene rings is 1. The van der Waals surface area contributed by atoms with Crippen LogP contribution in [0.3, 0.4) is 0 Å². The molecule has 75 valence electrons. The molecule has 0 saturated carbocycles. The highest BCUT2D eigenvalue weighted by atomic mass is 15.2. The van der Waals surface area contributed by atoms with Crippen molar-refractivity contribution in [3.63, 3.8) is 0 Å². The first kappa shape index (κ1) is 9.69. The van der Waals surface area contributed by atoms with Gasteiger partial charge in [-0.2, -0.15) is 0 Å². The number of hydrogen-bond donors (Lipinski definition) is 1. The number of rotatable bonds is 2. The molecule has 1 atom stereocenters. The largest absolute Gasteiger partial charge is 0.314 e. The summed E-state index contributed by atoms with van der Waals surface area (Å²) in [5.41, 5.74) is 1.39. The second-order valence-corrected chi connectivity index (χ2v) is 3.80. The van der Waals surface area contributed by atoms with Crippen molar-refractivity contribution in [3.05, 3.63) is 35.9 Å². The maximum Gasteiger partial charge on any atom is 0.0320 e. The standard InChI is InChI=1S/C12H17N2/c1-11(12-5-3-2-4-6-12)14-9-7-13-8-10-14/h3-6,11,13H,7-10H2,1H3. The molecule has 1 saturated heterocycles. The number of hydrogen-bond acceptors (Lipinski definition) is 2. The molecule has 0 aliphatic carbocycles. The SMILES string of the molecule is CC(c1cc[c]cc1)N1CCNCC1. The molecule has 1 N–H and O–H groups in total. The molecule has 2 heteroatoms. The highest BCUT2D eigenvalue weighted by molar-refractivity contribution is 5.17. The van der Waals surface area contributed by atoms with Crippen LogP contribution in [0.5, 0.6) is 0 Å². The molecule has 1 aromatic carbocycles. The molecule has 2 nitrogen and oxygen atoms in total. The van der Waals surface area contributed by atoms with E-state index in [1.807, 2.05) is 12.1 Å². The van der Waals surface area contributed by atoms with E-state index in [0.717, 1.165) is 26.2 Å². The van der Waals surface area contributed by atoms with E-state index in [4.69, 9.17) is 0 Å². The molecule has 0 aromatic heterocycles. The van der Waals surface area contributed by atoms with Crippen molar-refractivity contribution in [3.8, 4) is 0 Å². The monoisotopic (exact) mass is 189 g/mol. The third-order valence-corrected chi connectivity index (χ3v) is 2.93. The third kappa shape index (κ3) is 2.14. The molecule has 1 fully saturated rings. The summed E-state index contributed by atoms with van der Waals surface area (Å²) in [5, 5.41) is 3.37. The van der Waals surface area contributed by atoms with Gasteiger partial charge >= 0.3 is 0 Å². The molecule has 2 rings (SSSR count). The van der Waals surface area contributed by atoms with Gasteiger partial charge in [-0.25, -0.2) is 0 Å². The summed E-state index contributed by atoms with van der Waals surface area (Å²) >= 11 is 0. The average molecular weight is 189 g/mol. The summed E-state index contributed by atoms with van der Waals surface area (Å²) in [6, 6.07) is 11.9. The van der Waals surface area contributed by atoms with Crippen molar-refractivity contribution in [2.75, 3.05) is 26.2 Å². The topological polar surface area (TPSA) is 15.3 Å². The zero-order valence-electron chi connectivity index (χ0n) is 8.66. The second-order valence-electron chi connectivity index (χ2n) is 3.80. The predicted octanol–water partition coefficient (Wildman–Crippen LogP) is 1.45. The van der Waals surface area contributed by atoms with E-state index in [9.17, 15) is 0 Å². The van der Waals surface area contributed by atoms with Gasteiger partial charge in [-0.3, -0.25) is 4.90 Å². The van der Waals surface area contributed by atoms with Crippen molar-refractivity contribution in [1.82, 2.24) is 10.2 Å². The lowest BCUT2D eigenvalue weighted by atomic mass is 10.1. The van der Waals surface area contributed by atoms with E-state index in [0.29, 0.717) is 6.04 Å². The van der Waals surface area contributed by atoms with E-state index >= 15 is 0 Å². The van der Waals surface area contributed by atoms with Crippen LogP contribution in [0, 0.1) is 6.07 Å². The van der Waals surface area contributed by atoms with E-state index in [1.54, 1.807) is 0 Å². The fraction of sp³-hybridized carbons (Fsp3) is 0.500. The maximum absolute atomic E-state index is 3.37. The quantitative estimate of drug-likeness (QED) is 0.757. The molecule has 1 aromatic rings. The van der Waals surface area contributed by atoms with Gasteiger partial charge in [-0.05, 0) is 18.6 Å². The van der Waals surface area contributed by atoms with Gasteiger partial charge in [0.05, 0.1) is 0 Å². The van der Waals surface area contributed by atoms with E-state index < -0.39 is 0 Å². The second kappa shape index (κ2) is 4.58. The van der Waals surface area contributed by atoms with Gasteiger partial charge in [0, 0.05) is 32.2 Å². The van der Waals surface area contributed by atoms with Gasteiger partial charge in [-0.15, -0.1) is 0 Å². The fourth-order valence-electron chi connectivity index (χ4n) is 1.96. The van der Waals surface area contributed by atoms with Crippen molar-refractivity contribution in [2.45, 2.75) is 13.0 Å². The summed E-state index contributed by atoms with van der Waals surface area (Å²) in [6.45, 7) is 6.81. The molecule has 1 radical (unpaired) electrons. The fourth-order valence-corrected chi connectivity index (χ4v) is 1.96. The first-order valence-electron chi connectivity index (χ1n) is 5.29. The molecule has 0 spiro atoms. The Kier molecular flexibility index (Phi) is 3.17. The molecule has 1 heterocycles. The summed E-state index contributed by atoms with van der Waals surface area (Å²) in [4.78, 5) is 2.52. The number of nitrogens with one attached hydrogen (secondary N) is 1. The van der Waals surface area contributed by atoms with Crippen LogP contribution < -0.4 is 5.32 Å². The maximum atomic E-state index is 3.37. The van der Waals surface area contributed by atoms with E-state index in [2.05, 4.69) is 35.3 Å². The molecule has 0 amide bonds. The Bertz CT molecular complexity index is 265. The van der Waals surface area contributed by atoms with Crippen LogP contribution in [-0.4, -0.2) is 31.1 Å². The molecule has 0 bridgehead atoms. The van der Waals surface area contributed by atoms with Gasteiger partial charge in [0.2, 0.25) is 0 Å². The Labute approximate surface area is 85.9 Å². The Hall–Kier alpha value is -0.860. The Morgan fingerprint density at radius 3 is 2.57 bits per heavy atom. The minimum Gasteiger partial charge on any atom is -0.314 e. The van der Waals surface area contributed by atoms with E-state index in [1.165, 1.54) is 5.56 Å². The lowest BCUT2D eigenvalue weighted by Gasteiger charge is -2.33. The highest BCUT2D eigenvalue weighted by Crippen LogP contribution is 2.19. The minimum absolute atomic E-state index is 0.534. The molecule has 1 aliphatic heterocycles.